The van der Waals surface area contributed by atoms with Crippen LogP contribution in [-0.2, 0) is 22.0 Å². The number of nitrogens with zero attached hydrogens (tertiary/aromatic N) is 2. The highest BCUT2D eigenvalue weighted by atomic mass is 35.5. The lowest BCUT2D eigenvalue weighted by Gasteiger charge is -2.25. The van der Waals surface area contributed by atoms with Crippen LogP contribution in [0.3, 0.4) is 0 Å². The lowest BCUT2D eigenvalue weighted by Crippen LogP contribution is -2.32. The van der Waals surface area contributed by atoms with Crippen molar-refractivity contribution < 1.29 is 13.2 Å². The zero-order chi connectivity index (χ0) is 28.9. The van der Waals surface area contributed by atoms with Crippen molar-refractivity contribution in [3.05, 3.63) is 95.1 Å². The van der Waals surface area contributed by atoms with Crippen LogP contribution in [0, 0.1) is 0 Å². The molecule has 1 aromatic heterocycles. The number of aromatic nitrogens is 1. The van der Waals surface area contributed by atoms with Gasteiger partial charge in [-0.3, -0.25) is 4.98 Å². The largest absolute Gasteiger partial charge is 0.497 e. The zero-order valence-corrected chi connectivity index (χ0v) is 25.4. The van der Waals surface area contributed by atoms with Crippen LogP contribution in [-0.4, -0.2) is 37.4 Å². The van der Waals surface area contributed by atoms with Gasteiger partial charge < -0.3 is 10.1 Å². The highest BCUT2D eigenvalue weighted by Gasteiger charge is 2.25. The van der Waals surface area contributed by atoms with Crippen LogP contribution in [0.25, 0.3) is 10.9 Å². The molecule has 1 heterocycles. The molecule has 4 aromatic rings. The molecule has 6 nitrogen and oxygen atoms in total. The molecule has 0 saturated carbocycles. The van der Waals surface area contributed by atoms with Crippen molar-refractivity contribution in [3.8, 4) is 5.75 Å². The van der Waals surface area contributed by atoms with Crippen LogP contribution in [0.4, 0.5) is 5.69 Å². The Labute approximate surface area is 243 Å². The predicted molar refractivity (Wildman–Crippen MR) is 165 cm³/mol. The molecule has 0 radical (unpaired) electrons. The Morgan fingerprint density at radius 3 is 2.38 bits per heavy atom. The lowest BCUT2D eigenvalue weighted by atomic mass is 9.87. The molecule has 0 aliphatic rings. The number of hydrogen-bond donors (Lipinski definition) is 1. The van der Waals surface area contributed by atoms with E-state index in [1.165, 1.54) is 0 Å². The van der Waals surface area contributed by atoms with Crippen LogP contribution in [0.1, 0.15) is 51.7 Å². The Hall–Kier alpha value is -3.13. The third-order valence-electron chi connectivity index (χ3n) is 6.99. The number of benzene rings is 3. The van der Waals surface area contributed by atoms with Crippen LogP contribution in [0.5, 0.6) is 5.75 Å². The lowest BCUT2D eigenvalue weighted by molar-refractivity contribution is 0.391. The van der Waals surface area contributed by atoms with E-state index in [0.717, 1.165) is 39.9 Å². The summed E-state index contributed by atoms with van der Waals surface area (Å²) in [5, 5.41) is 5.17. The van der Waals surface area contributed by atoms with Gasteiger partial charge in [0, 0.05) is 41.8 Å². The second-order valence-corrected chi connectivity index (χ2v) is 13.6. The number of hydrogen-bond acceptors (Lipinski definition) is 5. The number of methoxy groups -OCH3 is 1. The number of fused-ring (bicyclic) bond motifs is 1. The van der Waals surface area contributed by atoms with E-state index in [4.69, 9.17) is 16.3 Å². The summed E-state index contributed by atoms with van der Waals surface area (Å²) >= 11 is 6.07. The average Bonchev–Trinajstić information content (AvgIpc) is 2.93. The van der Waals surface area contributed by atoms with Gasteiger partial charge in [-0.25, -0.2) is 8.42 Å². The highest BCUT2D eigenvalue weighted by Crippen LogP contribution is 2.29. The fourth-order valence-corrected chi connectivity index (χ4v) is 6.25. The second kappa shape index (κ2) is 12.6. The van der Waals surface area contributed by atoms with Crippen molar-refractivity contribution in [1.29, 1.82) is 0 Å². The summed E-state index contributed by atoms with van der Waals surface area (Å²) in [5.74, 6) is 0.757. The maximum absolute atomic E-state index is 13.8. The predicted octanol–water partition coefficient (Wildman–Crippen LogP) is 7.67. The van der Waals surface area contributed by atoms with Gasteiger partial charge in [0.1, 0.15) is 5.75 Å². The molecule has 0 aliphatic carbocycles. The molecule has 0 amide bonds. The molecule has 1 unspecified atom stereocenters. The number of nitrogens with one attached hydrogen (secondary N) is 1. The molecule has 212 valence electrons. The molecule has 1 N–H and O–H groups in total. The van der Waals surface area contributed by atoms with E-state index in [1.807, 2.05) is 48.5 Å². The summed E-state index contributed by atoms with van der Waals surface area (Å²) in [6, 6.07) is 22.5. The van der Waals surface area contributed by atoms with Crippen molar-refractivity contribution in [1.82, 2.24) is 9.29 Å². The van der Waals surface area contributed by atoms with E-state index >= 15 is 0 Å². The minimum Gasteiger partial charge on any atom is -0.497 e. The van der Waals surface area contributed by atoms with Crippen molar-refractivity contribution in [2.75, 3.05) is 19.0 Å². The van der Waals surface area contributed by atoms with E-state index in [2.05, 4.69) is 38.0 Å². The van der Waals surface area contributed by atoms with Gasteiger partial charge in [-0.1, -0.05) is 62.7 Å². The van der Waals surface area contributed by atoms with Crippen molar-refractivity contribution in [2.24, 2.45) is 0 Å². The fourth-order valence-electron chi connectivity index (χ4n) is 4.66. The number of ether oxygens (including phenoxy) is 1. The van der Waals surface area contributed by atoms with Crippen molar-refractivity contribution in [2.45, 2.75) is 63.4 Å². The van der Waals surface area contributed by atoms with Gasteiger partial charge >= 0.3 is 0 Å². The molecule has 0 saturated heterocycles. The van der Waals surface area contributed by atoms with E-state index < -0.39 is 10.0 Å². The Bertz CT molecular complexity index is 1530. The fraction of sp³-hybridized carbons (Fsp3) is 0.344. The molecule has 0 spiro atoms. The molecule has 3 aromatic carbocycles. The molecule has 40 heavy (non-hydrogen) atoms. The summed E-state index contributed by atoms with van der Waals surface area (Å²) < 4.78 is 34.7. The smallest absolute Gasteiger partial charge is 0.243 e. The monoisotopic (exact) mass is 579 g/mol. The zero-order valence-electron chi connectivity index (χ0n) is 23.8. The SMILES string of the molecule is COc1cc(NC(C)CCCN(Cc2ccc(Cl)cc2)S(=O)(=O)c2ccc(C(C)(C)C)cc2)c2ncccc2c1. The van der Waals surface area contributed by atoms with E-state index in [-0.39, 0.29) is 18.0 Å². The van der Waals surface area contributed by atoms with Gasteiger partial charge in [0.25, 0.3) is 0 Å². The van der Waals surface area contributed by atoms with Crippen molar-refractivity contribution >= 4 is 38.2 Å². The van der Waals surface area contributed by atoms with Gasteiger partial charge in [0.2, 0.25) is 10.0 Å². The molecule has 8 heteroatoms. The van der Waals surface area contributed by atoms with Gasteiger partial charge in [0.15, 0.2) is 0 Å². The quantitative estimate of drug-likeness (QED) is 0.197. The second-order valence-electron chi connectivity index (χ2n) is 11.2. The Morgan fingerprint density at radius 1 is 1.02 bits per heavy atom. The molecule has 0 bridgehead atoms. The van der Waals surface area contributed by atoms with Gasteiger partial charge in [0.05, 0.1) is 23.2 Å². The summed E-state index contributed by atoms with van der Waals surface area (Å²) in [6.07, 6.45) is 3.22. The molecule has 0 aliphatic heterocycles. The first-order valence-corrected chi connectivity index (χ1v) is 15.3. The van der Waals surface area contributed by atoms with Crippen LogP contribution >= 0.6 is 11.6 Å². The Morgan fingerprint density at radius 2 is 1.73 bits per heavy atom. The van der Waals surface area contributed by atoms with Gasteiger partial charge in [-0.2, -0.15) is 4.31 Å². The Balaban J connectivity index is 1.50. The standard InChI is InChI=1S/C32H38ClN3O3S/c1-23(35-30-21-28(39-5)20-25-9-6-18-34-31(25)30)8-7-19-36(22-24-10-14-27(33)15-11-24)40(37,38)29-16-12-26(13-17-29)32(2,3)4/h6,9-18,20-21,23,35H,7-8,19,22H2,1-5H3. The third kappa shape index (κ3) is 7.33. The maximum atomic E-state index is 13.8. The van der Waals surface area contributed by atoms with Gasteiger partial charge in [-0.15, -0.1) is 0 Å². The molecular formula is C32H38ClN3O3S. The number of pyridine rings is 1. The Kier molecular flexibility index (Phi) is 9.39. The van der Waals surface area contributed by atoms with Gasteiger partial charge in [-0.05, 0) is 72.7 Å². The summed E-state index contributed by atoms with van der Waals surface area (Å²) in [5.41, 5.74) is 3.69. The molecule has 1 atom stereocenters. The van der Waals surface area contributed by atoms with E-state index in [0.29, 0.717) is 22.9 Å². The normalized spacial score (nSPS) is 13.0. The maximum Gasteiger partial charge on any atom is 0.243 e. The minimum atomic E-state index is -3.71. The van der Waals surface area contributed by atoms with E-state index in [9.17, 15) is 8.42 Å². The van der Waals surface area contributed by atoms with Crippen LogP contribution in [0.2, 0.25) is 5.02 Å². The summed E-state index contributed by atoms with van der Waals surface area (Å²) in [4.78, 5) is 4.84. The van der Waals surface area contributed by atoms with Crippen LogP contribution in [0.15, 0.2) is 83.9 Å². The number of halogens is 1. The number of rotatable bonds is 11. The van der Waals surface area contributed by atoms with Crippen molar-refractivity contribution in [3.63, 3.8) is 0 Å². The van der Waals surface area contributed by atoms with E-state index in [1.54, 1.807) is 41.9 Å². The minimum absolute atomic E-state index is 0.0575. The highest BCUT2D eigenvalue weighted by molar-refractivity contribution is 7.89. The molecular weight excluding hydrogens is 542 g/mol. The number of anilines is 1. The first-order chi connectivity index (χ1) is 19.0. The first-order valence-electron chi connectivity index (χ1n) is 13.5. The molecule has 0 fully saturated rings. The molecule has 4 rings (SSSR count). The summed E-state index contributed by atoms with van der Waals surface area (Å²) in [7, 11) is -2.06. The number of sulfonamides is 1. The summed E-state index contributed by atoms with van der Waals surface area (Å²) in [6.45, 7) is 9.09. The topological polar surface area (TPSA) is 71.5 Å². The first kappa shape index (κ1) is 29.8. The average molecular weight is 580 g/mol. The van der Waals surface area contributed by atoms with Crippen LogP contribution < -0.4 is 10.1 Å². The third-order valence-corrected chi connectivity index (χ3v) is 9.10.